The Hall–Kier alpha value is -2.29. The lowest BCUT2D eigenvalue weighted by Gasteiger charge is -2.30. The van der Waals surface area contributed by atoms with E-state index < -0.39 is 21.5 Å². The number of hydrogen-bond donors (Lipinski definition) is 0. The number of aromatic nitrogens is 4. The van der Waals surface area contributed by atoms with Crippen LogP contribution < -0.4 is 0 Å². The summed E-state index contributed by atoms with van der Waals surface area (Å²) in [5, 5.41) is 10.5. The van der Waals surface area contributed by atoms with Gasteiger partial charge < -0.3 is 4.90 Å². The highest BCUT2D eigenvalue weighted by atomic mass is 32.2. The van der Waals surface area contributed by atoms with Crippen molar-refractivity contribution < 1.29 is 13.2 Å². The minimum atomic E-state index is -3.92. The Labute approximate surface area is 140 Å². The van der Waals surface area contributed by atoms with Crippen molar-refractivity contribution in [2.45, 2.75) is 24.9 Å². The van der Waals surface area contributed by atoms with Crippen LogP contribution >= 0.6 is 0 Å². The third kappa shape index (κ3) is 3.45. The van der Waals surface area contributed by atoms with Gasteiger partial charge in [-0.3, -0.25) is 4.79 Å². The highest BCUT2D eigenvalue weighted by molar-refractivity contribution is 7.91. The third-order valence-corrected chi connectivity index (χ3v) is 5.61. The molecule has 1 aliphatic heterocycles. The molecule has 1 saturated heterocycles. The second kappa shape index (κ2) is 6.68. The van der Waals surface area contributed by atoms with E-state index in [-0.39, 0.29) is 5.16 Å². The van der Waals surface area contributed by atoms with Gasteiger partial charge in [-0.15, -0.1) is 0 Å². The van der Waals surface area contributed by atoms with E-state index in [1.54, 1.807) is 29.2 Å². The summed E-state index contributed by atoms with van der Waals surface area (Å²) in [5.74, 6) is -0.449. The van der Waals surface area contributed by atoms with Gasteiger partial charge in [-0.2, -0.15) is 4.68 Å². The number of para-hydroxylation sites is 1. The van der Waals surface area contributed by atoms with Crippen LogP contribution in [-0.2, 0) is 14.6 Å². The molecule has 8 nitrogen and oxygen atoms in total. The fraction of sp³-hybridized carbons (Fsp3) is 0.467. The Balaban J connectivity index is 1.79. The predicted octanol–water partition coefficient (Wildman–Crippen LogP) is 0.695. The van der Waals surface area contributed by atoms with Gasteiger partial charge in [0.15, 0.2) is 0 Å². The van der Waals surface area contributed by atoms with Crippen molar-refractivity contribution >= 4 is 15.7 Å². The molecule has 0 bridgehead atoms. The molecule has 1 fully saturated rings. The summed E-state index contributed by atoms with van der Waals surface area (Å²) >= 11 is 0. The predicted molar refractivity (Wildman–Crippen MR) is 86.2 cm³/mol. The van der Waals surface area contributed by atoms with Gasteiger partial charge in [0.25, 0.3) is 5.16 Å². The van der Waals surface area contributed by atoms with E-state index in [9.17, 15) is 13.2 Å². The van der Waals surface area contributed by atoms with E-state index in [4.69, 9.17) is 0 Å². The lowest BCUT2D eigenvalue weighted by atomic mass is 9.99. The van der Waals surface area contributed by atoms with Crippen molar-refractivity contribution in [2.24, 2.45) is 5.92 Å². The molecule has 2 aromatic rings. The van der Waals surface area contributed by atoms with Crippen LogP contribution in [0.5, 0.6) is 0 Å². The van der Waals surface area contributed by atoms with Gasteiger partial charge >= 0.3 is 0 Å². The number of carbonyl (C=O) groups is 1. The first-order valence-electron chi connectivity index (χ1n) is 7.82. The molecule has 1 aromatic carbocycles. The lowest BCUT2D eigenvalue weighted by Crippen LogP contribution is -2.41. The standard InChI is InChI=1S/C15H19N5O3S/c1-12-7-9-19(10-8-12)14(21)11-24(22,23)15-16-17-18-20(15)13-5-3-2-4-6-13/h2-6,12H,7-11H2,1H3. The van der Waals surface area contributed by atoms with Gasteiger partial charge in [0.1, 0.15) is 5.75 Å². The number of nitrogens with zero attached hydrogens (tertiary/aromatic N) is 5. The molecule has 1 amide bonds. The first-order chi connectivity index (χ1) is 11.5. The van der Waals surface area contributed by atoms with E-state index in [0.29, 0.717) is 24.7 Å². The Kier molecular flexibility index (Phi) is 4.61. The molecule has 2 heterocycles. The zero-order chi connectivity index (χ0) is 17.2. The molecule has 1 aromatic heterocycles. The van der Waals surface area contributed by atoms with Crippen molar-refractivity contribution in [1.82, 2.24) is 25.1 Å². The second-order valence-corrected chi connectivity index (χ2v) is 7.91. The molecule has 9 heteroatoms. The topological polar surface area (TPSA) is 98.1 Å². The number of carbonyl (C=O) groups excluding carboxylic acids is 1. The Bertz CT molecular complexity index is 811. The van der Waals surface area contributed by atoms with Gasteiger partial charge in [0.2, 0.25) is 15.7 Å². The maximum absolute atomic E-state index is 12.6. The molecule has 128 valence electrons. The largest absolute Gasteiger partial charge is 0.342 e. The van der Waals surface area contributed by atoms with Crippen LogP contribution in [0, 0.1) is 5.92 Å². The van der Waals surface area contributed by atoms with Crippen molar-refractivity contribution in [3.63, 3.8) is 0 Å². The number of benzene rings is 1. The number of hydrogen-bond acceptors (Lipinski definition) is 6. The van der Waals surface area contributed by atoms with Crippen LogP contribution in [0.4, 0.5) is 0 Å². The summed E-state index contributed by atoms with van der Waals surface area (Å²) in [6.07, 6.45) is 1.79. The molecular weight excluding hydrogens is 330 g/mol. The van der Waals surface area contributed by atoms with Crippen LogP contribution in [0.15, 0.2) is 35.5 Å². The maximum atomic E-state index is 12.6. The summed E-state index contributed by atoms with van der Waals surface area (Å²) in [6.45, 7) is 3.32. The lowest BCUT2D eigenvalue weighted by molar-refractivity contribution is -0.129. The zero-order valence-electron chi connectivity index (χ0n) is 13.4. The summed E-state index contributed by atoms with van der Waals surface area (Å²) in [6, 6.07) is 8.72. The van der Waals surface area contributed by atoms with E-state index >= 15 is 0 Å². The molecular formula is C15H19N5O3S. The molecule has 0 spiro atoms. The average Bonchev–Trinajstić information content (AvgIpc) is 3.06. The van der Waals surface area contributed by atoms with Gasteiger partial charge in [0.05, 0.1) is 5.69 Å². The molecule has 1 aliphatic rings. The quantitative estimate of drug-likeness (QED) is 0.806. The van der Waals surface area contributed by atoms with E-state index in [1.165, 1.54) is 0 Å². The molecule has 0 atom stereocenters. The summed E-state index contributed by atoms with van der Waals surface area (Å²) < 4.78 is 26.3. The van der Waals surface area contributed by atoms with Gasteiger partial charge in [-0.1, -0.05) is 30.2 Å². The molecule has 0 N–H and O–H groups in total. The maximum Gasteiger partial charge on any atom is 0.272 e. The van der Waals surface area contributed by atoms with Crippen LogP contribution in [0.25, 0.3) is 5.69 Å². The fourth-order valence-corrected chi connectivity index (χ4v) is 3.88. The van der Waals surface area contributed by atoms with Crippen molar-refractivity contribution in [3.05, 3.63) is 30.3 Å². The molecule has 0 aliphatic carbocycles. The van der Waals surface area contributed by atoms with Crippen molar-refractivity contribution in [2.75, 3.05) is 18.8 Å². The summed E-state index contributed by atoms with van der Waals surface area (Å²) in [5.41, 5.74) is 0.528. The first-order valence-corrected chi connectivity index (χ1v) is 9.47. The minimum Gasteiger partial charge on any atom is -0.342 e. The highest BCUT2D eigenvalue weighted by Crippen LogP contribution is 2.18. The number of rotatable bonds is 4. The van der Waals surface area contributed by atoms with E-state index in [0.717, 1.165) is 17.5 Å². The Morgan fingerprint density at radius 3 is 2.54 bits per heavy atom. The zero-order valence-corrected chi connectivity index (χ0v) is 14.2. The molecule has 24 heavy (non-hydrogen) atoms. The minimum absolute atomic E-state index is 0.313. The molecule has 3 rings (SSSR count). The second-order valence-electron chi connectivity index (χ2n) is 6.03. The summed E-state index contributed by atoms with van der Waals surface area (Å²) in [4.78, 5) is 13.9. The number of likely N-dealkylation sites (tertiary alicyclic amines) is 1. The molecule has 0 unspecified atom stereocenters. The van der Waals surface area contributed by atoms with Gasteiger partial charge in [-0.25, -0.2) is 8.42 Å². The Morgan fingerprint density at radius 2 is 1.88 bits per heavy atom. The normalized spacial score (nSPS) is 16.3. The molecule has 0 saturated carbocycles. The number of amides is 1. The number of sulfone groups is 1. The SMILES string of the molecule is CC1CCN(C(=O)CS(=O)(=O)c2nnnn2-c2ccccc2)CC1. The van der Waals surface area contributed by atoms with Crippen LogP contribution in [0.3, 0.4) is 0 Å². The smallest absolute Gasteiger partial charge is 0.272 e. The van der Waals surface area contributed by atoms with Gasteiger partial charge in [0, 0.05) is 13.1 Å². The van der Waals surface area contributed by atoms with Crippen LogP contribution in [0.1, 0.15) is 19.8 Å². The van der Waals surface area contributed by atoms with E-state index in [1.807, 2.05) is 6.07 Å². The first kappa shape index (κ1) is 16.6. The van der Waals surface area contributed by atoms with E-state index in [2.05, 4.69) is 22.4 Å². The average molecular weight is 349 g/mol. The van der Waals surface area contributed by atoms with Crippen molar-refractivity contribution in [1.29, 1.82) is 0 Å². The third-order valence-electron chi connectivity index (χ3n) is 4.17. The monoisotopic (exact) mass is 349 g/mol. The van der Waals surface area contributed by atoms with Gasteiger partial charge in [-0.05, 0) is 41.3 Å². The molecule has 0 radical (unpaired) electrons. The van der Waals surface area contributed by atoms with Crippen LogP contribution in [0.2, 0.25) is 0 Å². The highest BCUT2D eigenvalue weighted by Gasteiger charge is 2.30. The fourth-order valence-electron chi connectivity index (χ4n) is 2.68. The number of piperidine rings is 1. The van der Waals surface area contributed by atoms with Crippen LogP contribution in [-0.4, -0.2) is 58.3 Å². The number of tetrazole rings is 1. The Morgan fingerprint density at radius 1 is 1.21 bits per heavy atom. The summed E-state index contributed by atoms with van der Waals surface area (Å²) in [7, 11) is -3.92. The van der Waals surface area contributed by atoms with Crippen molar-refractivity contribution in [3.8, 4) is 5.69 Å².